The summed E-state index contributed by atoms with van der Waals surface area (Å²) in [5, 5.41) is 7.71. The second-order valence-electron chi connectivity index (χ2n) is 12.1. The minimum absolute atomic E-state index is 0.0215. The van der Waals surface area contributed by atoms with Crippen molar-refractivity contribution < 1.29 is 0 Å². The zero-order chi connectivity index (χ0) is 28.0. The third-order valence-corrected chi connectivity index (χ3v) is 9.56. The first kappa shape index (κ1) is 23.6. The molecule has 0 fully saturated rings. The largest absolute Gasteiger partial charge is 0.309 e. The van der Waals surface area contributed by atoms with Gasteiger partial charge in [-0.2, -0.15) is 0 Å². The van der Waals surface area contributed by atoms with Gasteiger partial charge in [-0.3, -0.25) is 0 Å². The van der Waals surface area contributed by atoms with Crippen LogP contribution in [-0.2, 0) is 5.41 Å². The molecule has 1 heterocycles. The highest BCUT2D eigenvalue weighted by atomic mass is 15.0. The highest BCUT2D eigenvalue weighted by molar-refractivity contribution is 6.26. The zero-order valence-electron chi connectivity index (χ0n) is 23.7. The molecule has 42 heavy (non-hydrogen) atoms. The Morgan fingerprint density at radius 1 is 0.500 bits per heavy atom. The van der Waals surface area contributed by atoms with Crippen LogP contribution in [0.5, 0.6) is 0 Å². The van der Waals surface area contributed by atoms with Crippen molar-refractivity contribution in [3.8, 4) is 27.9 Å². The first-order chi connectivity index (χ1) is 20.6. The van der Waals surface area contributed by atoms with Gasteiger partial charge in [-0.1, -0.05) is 135 Å². The van der Waals surface area contributed by atoms with E-state index in [1.807, 2.05) is 0 Å². The summed E-state index contributed by atoms with van der Waals surface area (Å²) >= 11 is 0. The second kappa shape index (κ2) is 8.44. The highest BCUT2D eigenvalue weighted by Gasteiger charge is 2.36. The first-order valence-corrected chi connectivity index (χ1v) is 14.8. The standard InChI is InChI=1S/C41H29N/c1-41(2)35-19-8-7-17-33(35)38-31(18-10-20-36(38)41)28-13-9-14-29(25-28)42-37-24-22-26-11-3-5-15-30(26)39(37)34-23-21-27-12-4-6-16-32(27)40(34)42/h3-25H,1-2H3. The van der Waals surface area contributed by atoms with Crippen LogP contribution in [0.4, 0.5) is 0 Å². The van der Waals surface area contributed by atoms with E-state index in [9.17, 15) is 0 Å². The van der Waals surface area contributed by atoms with Crippen LogP contribution in [0.1, 0.15) is 25.0 Å². The molecule has 0 radical (unpaired) electrons. The van der Waals surface area contributed by atoms with E-state index in [2.05, 4.69) is 158 Å². The number of nitrogens with zero attached hydrogens (tertiary/aromatic N) is 1. The smallest absolute Gasteiger partial charge is 0.0619 e. The average Bonchev–Trinajstić information content (AvgIpc) is 3.51. The average molecular weight is 536 g/mol. The van der Waals surface area contributed by atoms with E-state index >= 15 is 0 Å². The predicted molar refractivity (Wildman–Crippen MR) is 179 cm³/mol. The summed E-state index contributed by atoms with van der Waals surface area (Å²) in [5.41, 5.74) is 11.7. The normalized spacial score (nSPS) is 13.7. The minimum atomic E-state index is -0.0215. The summed E-state index contributed by atoms with van der Waals surface area (Å²) < 4.78 is 2.49. The minimum Gasteiger partial charge on any atom is -0.309 e. The fourth-order valence-corrected chi connectivity index (χ4v) is 7.62. The van der Waals surface area contributed by atoms with Crippen molar-refractivity contribution in [3.63, 3.8) is 0 Å². The van der Waals surface area contributed by atoms with Crippen LogP contribution in [0.2, 0.25) is 0 Å². The van der Waals surface area contributed by atoms with Crippen LogP contribution >= 0.6 is 0 Å². The molecule has 1 aliphatic rings. The summed E-state index contributed by atoms with van der Waals surface area (Å²) in [4.78, 5) is 0. The molecule has 0 atom stereocenters. The quantitative estimate of drug-likeness (QED) is 0.207. The molecule has 0 unspecified atom stereocenters. The van der Waals surface area contributed by atoms with E-state index in [0.717, 1.165) is 0 Å². The molecule has 9 rings (SSSR count). The Bertz CT molecular complexity index is 2380. The highest BCUT2D eigenvalue weighted by Crippen LogP contribution is 2.52. The fraction of sp³-hybridized carbons (Fsp3) is 0.0732. The molecule has 1 nitrogen and oxygen atoms in total. The van der Waals surface area contributed by atoms with Gasteiger partial charge in [-0.25, -0.2) is 0 Å². The van der Waals surface area contributed by atoms with Crippen molar-refractivity contribution >= 4 is 43.4 Å². The molecule has 0 N–H and O–H groups in total. The van der Waals surface area contributed by atoms with Gasteiger partial charge in [0, 0.05) is 27.3 Å². The van der Waals surface area contributed by atoms with Crippen LogP contribution in [0.15, 0.2) is 140 Å². The molecule has 0 bridgehead atoms. The topological polar surface area (TPSA) is 4.93 Å². The van der Waals surface area contributed by atoms with Gasteiger partial charge < -0.3 is 4.57 Å². The van der Waals surface area contributed by atoms with Crippen molar-refractivity contribution in [2.75, 3.05) is 0 Å². The van der Waals surface area contributed by atoms with Crippen molar-refractivity contribution in [2.24, 2.45) is 0 Å². The van der Waals surface area contributed by atoms with Crippen molar-refractivity contribution in [3.05, 3.63) is 151 Å². The lowest BCUT2D eigenvalue weighted by Crippen LogP contribution is -2.14. The maximum atomic E-state index is 2.49. The van der Waals surface area contributed by atoms with Crippen LogP contribution in [-0.4, -0.2) is 4.57 Å². The van der Waals surface area contributed by atoms with Gasteiger partial charge in [0.2, 0.25) is 0 Å². The Labute approximate surface area is 245 Å². The molecule has 198 valence electrons. The maximum Gasteiger partial charge on any atom is 0.0619 e. The van der Waals surface area contributed by atoms with Gasteiger partial charge in [0.25, 0.3) is 0 Å². The van der Waals surface area contributed by atoms with Crippen LogP contribution in [0, 0.1) is 0 Å². The molecule has 7 aromatic carbocycles. The molecule has 0 aliphatic heterocycles. The van der Waals surface area contributed by atoms with Gasteiger partial charge >= 0.3 is 0 Å². The summed E-state index contributed by atoms with van der Waals surface area (Å²) in [7, 11) is 0. The molecule has 0 amide bonds. The SMILES string of the molecule is CC1(C)c2ccccc2-c2c(-c3cccc(-n4c5ccc6ccccc6c5c5ccc6ccccc6c54)c3)cccc21. The second-order valence-corrected chi connectivity index (χ2v) is 12.1. The van der Waals surface area contributed by atoms with Gasteiger partial charge in [0.15, 0.2) is 0 Å². The lowest BCUT2D eigenvalue weighted by Gasteiger charge is -2.21. The third-order valence-electron chi connectivity index (χ3n) is 9.56. The molecule has 0 saturated heterocycles. The number of fused-ring (bicyclic) bond motifs is 10. The summed E-state index contributed by atoms with van der Waals surface area (Å²) in [6.07, 6.45) is 0. The predicted octanol–water partition coefficient (Wildman–Crippen LogP) is 11.1. The monoisotopic (exact) mass is 535 g/mol. The lowest BCUT2D eigenvalue weighted by molar-refractivity contribution is 0.660. The third kappa shape index (κ3) is 3.08. The Balaban J connectivity index is 1.37. The van der Waals surface area contributed by atoms with E-state index < -0.39 is 0 Å². The van der Waals surface area contributed by atoms with E-state index in [1.165, 1.54) is 82.4 Å². The zero-order valence-corrected chi connectivity index (χ0v) is 23.7. The molecular weight excluding hydrogens is 506 g/mol. The Morgan fingerprint density at radius 3 is 2.05 bits per heavy atom. The van der Waals surface area contributed by atoms with Gasteiger partial charge in [0.1, 0.15) is 0 Å². The molecule has 1 heteroatoms. The Morgan fingerprint density at radius 2 is 1.17 bits per heavy atom. The molecule has 1 aliphatic carbocycles. The van der Waals surface area contributed by atoms with Crippen LogP contribution < -0.4 is 0 Å². The number of rotatable bonds is 2. The van der Waals surface area contributed by atoms with Crippen molar-refractivity contribution in [1.82, 2.24) is 4.57 Å². The van der Waals surface area contributed by atoms with E-state index in [4.69, 9.17) is 0 Å². The van der Waals surface area contributed by atoms with Gasteiger partial charge in [0.05, 0.1) is 11.0 Å². The van der Waals surface area contributed by atoms with E-state index in [0.29, 0.717) is 0 Å². The van der Waals surface area contributed by atoms with E-state index in [1.54, 1.807) is 0 Å². The molecule has 1 aromatic heterocycles. The van der Waals surface area contributed by atoms with Crippen LogP contribution in [0.25, 0.3) is 71.3 Å². The maximum absolute atomic E-state index is 2.49. The first-order valence-electron chi connectivity index (χ1n) is 14.8. The number of aromatic nitrogens is 1. The summed E-state index contributed by atoms with van der Waals surface area (Å²) in [6.45, 7) is 4.71. The molecule has 8 aromatic rings. The summed E-state index contributed by atoms with van der Waals surface area (Å²) in [6, 6.07) is 51.6. The number of benzene rings is 7. The van der Waals surface area contributed by atoms with Crippen molar-refractivity contribution in [1.29, 1.82) is 0 Å². The van der Waals surface area contributed by atoms with Crippen molar-refractivity contribution in [2.45, 2.75) is 19.3 Å². The number of hydrogen-bond acceptors (Lipinski definition) is 0. The lowest BCUT2D eigenvalue weighted by atomic mass is 9.82. The molecular formula is C41H29N. The Kier molecular flexibility index (Phi) is 4.73. The Hall–Kier alpha value is -5.14. The van der Waals surface area contributed by atoms with E-state index in [-0.39, 0.29) is 5.41 Å². The fourth-order valence-electron chi connectivity index (χ4n) is 7.62. The van der Waals surface area contributed by atoms with Gasteiger partial charge in [-0.15, -0.1) is 0 Å². The van der Waals surface area contributed by atoms with Gasteiger partial charge in [-0.05, 0) is 67.7 Å². The molecule has 0 saturated carbocycles. The molecule has 0 spiro atoms. The number of hydrogen-bond donors (Lipinski definition) is 0. The van der Waals surface area contributed by atoms with Crippen LogP contribution in [0.3, 0.4) is 0 Å². The summed E-state index contributed by atoms with van der Waals surface area (Å²) in [5.74, 6) is 0.